The fourth-order valence-corrected chi connectivity index (χ4v) is 2.86. The number of nitrogen functional groups attached to an aromatic ring is 1. The summed E-state index contributed by atoms with van der Waals surface area (Å²) in [7, 11) is 0. The van der Waals surface area contributed by atoms with Crippen molar-refractivity contribution in [2.45, 2.75) is 64.6 Å². The maximum absolute atomic E-state index is 12.4. The van der Waals surface area contributed by atoms with Gasteiger partial charge in [-0.1, -0.05) is 26.0 Å². The van der Waals surface area contributed by atoms with Gasteiger partial charge in [-0.25, -0.2) is 0 Å². The van der Waals surface area contributed by atoms with Crippen molar-refractivity contribution in [3.8, 4) is 0 Å². The van der Waals surface area contributed by atoms with Crippen LogP contribution >= 0.6 is 0 Å². The molecule has 4 heteroatoms. The highest BCUT2D eigenvalue weighted by atomic mass is 16.5. The Morgan fingerprint density at radius 1 is 1.27 bits per heavy atom. The number of nitrogens with one attached hydrogen (secondary N) is 1. The third kappa shape index (κ3) is 5.34. The first-order valence-corrected chi connectivity index (χ1v) is 8.33. The fourth-order valence-electron chi connectivity index (χ4n) is 2.86. The van der Waals surface area contributed by atoms with Crippen molar-refractivity contribution in [2.24, 2.45) is 5.92 Å². The van der Waals surface area contributed by atoms with E-state index in [0.717, 1.165) is 30.5 Å². The van der Waals surface area contributed by atoms with Crippen LogP contribution in [-0.4, -0.2) is 18.1 Å². The maximum Gasteiger partial charge on any atom is 0.323 e. The lowest BCUT2D eigenvalue weighted by Gasteiger charge is -2.21. The normalized spacial score (nSPS) is 16.9. The molecule has 1 aliphatic rings. The number of ether oxygens (including phenoxy) is 1. The topological polar surface area (TPSA) is 64.3 Å². The van der Waals surface area contributed by atoms with Gasteiger partial charge in [-0.05, 0) is 55.7 Å². The van der Waals surface area contributed by atoms with Gasteiger partial charge in [0.2, 0.25) is 0 Å². The Hall–Kier alpha value is -1.55. The second-order valence-corrected chi connectivity index (χ2v) is 6.65. The van der Waals surface area contributed by atoms with Gasteiger partial charge in [-0.3, -0.25) is 4.79 Å². The zero-order valence-corrected chi connectivity index (χ0v) is 13.7. The van der Waals surface area contributed by atoms with E-state index in [1.165, 1.54) is 12.8 Å². The zero-order valence-electron chi connectivity index (χ0n) is 13.7. The summed E-state index contributed by atoms with van der Waals surface area (Å²) in [6.07, 6.45) is 5.29. The van der Waals surface area contributed by atoms with Crippen molar-refractivity contribution in [1.29, 1.82) is 0 Å². The molecular formula is C18H28N2O2. The quantitative estimate of drug-likeness (QED) is 0.599. The average molecular weight is 304 g/mol. The summed E-state index contributed by atoms with van der Waals surface area (Å²) in [6, 6.07) is 7.49. The lowest BCUT2D eigenvalue weighted by molar-refractivity contribution is -0.151. The molecule has 22 heavy (non-hydrogen) atoms. The number of hydrogen-bond donors (Lipinski definition) is 2. The van der Waals surface area contributed by atoms with E-state index >= 15 is 0 Å². The molecule has 1 fully saturated rings. The van der Waals surface area contributed by atoms with Crippen molar-refractivity contribution in [1.82, 2.24) is 5.32 Å². The van der Waals surface area contributed by atoms with E-state index in [1.54, 1.807) is 0 Å². The van der Waals surface area contributed by atoms with Crippen molar-refractivity contribution < 1.29 is 9.53 Å². The van der Waals surface area contributed by atoms with E-state index < -0.39 is 0 Å². The van der Waals surface area contributed by atoms with Gasteiger partial charge < -0.3 is 15.8 Å². The first kappa shape index (κ1) is 16.8. The molecule has 0 aromatic heterocycles. The Morgan fingerprint density at radius 2 is 1.91 bits per heavy atom. The third-order valence-corrected chi connectivity index (χ3v) is 4.11. The molecule has 122 valence electrons. The molecule has 1 saturated carbocycles. The first-order valence-electron chi connectivity index (χ1n) is 8.33. The zero-order chi connectivity index (χ0) is 15.9. The number of benzene rings is 1. The first-order chi connectivity index (χ1) is 10.5. The Kier molecular flexibility index (Phi) is 6.25. The number of hydrogen-bond acceptors (Lipinski definition) is 4. The molecular weight excluding hydrogens is 276 g/mol. The van der Waals surface area contributed by atoms with Crippen LogP contribution in [0.1, 0.15) is 51.5 Å². The van der Waals surface area contributed by atoms with E-state index in [4.69, 9.17) is 10.5 Å². The molecule has 0 heterocycles. The third-order valence-electron chi connectivity index (χ3n) is 4.11. The van der Waals surface area contributed by atoms with Gasteiger partial charge in [0, 0.05) is 12.2 Å². The molecule has 0 spiro atoms. The van der Waals surface area contributed by atoms with Gasteiger partial charge in [0.05, 0.1) is 0 Å². The molecule has 1 aromatic carbocycles. The molecule has 0 unspecified atom stereocenters. The monoisotopic (exact) mass is 304 g/mol. The molecule has 0 radical (unpaired) electrons. The van der Waals surface area contributed by atoms with Crippen molar-refractivity contribution in [2.75, 3.05) is 5.73 Å². The smallest absolute Gasteiger partial charge is 0.323 e. The maximum atomic E-state index is 12.4. The van der Waals surface area contributed by atoms with Crippen molar-refractivity contribution in [3.05, 3.63) is 29.8 Å². The molecule has 1 atom stereocenters. The number of carbonyl (C=O) groups is 1. The minimum Gasteiger partial charge on any atom is -0.461 e. The predicted octanol–water partition coefficient (Wildman–Crippen LogP) is 3.26. The van der Waals surface area contributed by atoms with Gasteiger partial charge >= 0.3 is 5.97 Å². The van der Waals surface area contributed by atoms with Crippen molar-refractivity contribution in [3.63, 3.8) is 0 Å². The molecule has 3 N–H and O–H groups in total. The van der Waals surface area contributed by atoms with Gasteiger partial charge in [0.15, 0.2) is 0 Å². The summed E-state index contributed by atoms with van der Waals surface area (Å²) in [5.41, 5.74) is 7.57. The SMILES string of the molecule is CC(C)C[C@H](NCc1ccc(N)cc1)C(=O)OC1CCCC1. The number of carbonyl (C=O) groups excluding carboxylic acids is 1. The van der Waals surface area contributed by atoms with Crippen molar-refractivity contribution >= 4 is 11.7 Å². The highest BCUT2D eigenvalue weighted by molar-refractivity contribution is 5.76. The Labute approximate surface area is 133 Å². The number of nitrogens with two attached hydrogens (primary N) is 1. The van der Waals surface area contributed by atoms with Crippen LogP contribution in [0.2, 0.25) is 0 Å². The van der Waals surface area contributed by atoms with Crippen LogP contribution in [0.3, 0.4) is 0 Å². The average Bonchev–Trinajstić information content (AvgIpc) is 2.97. The lowest BCUT2D eigenvalue weighted by atomic mass is 10.0. The van der Waals surface area contributed by atoms with Crippen LogP contribution in [0, 0.1) is 5.92 Å². The second-order valence-electron chi connectivity index (χ2n) is 6.65. The molecule has 2 rings (SSSR count). The minimum atomic E-state index is -0.238. The van der Waals surface area contributed by atoms with Crippen LogP contribution in [0.25, 0.3) is 0 Å². The highest BCUT2D eigenvalue weighted by Gasteiger charge is 2.25. The predicted molar refractivity (Wildman–Crippen MR) is 89.3 cm³/mol. The molecule has 0 saturated heterocycles. The molecule has 0 amide bonds. The fraction of sp³-hybridized carbons (Fsp3) is 0.611. The number of anilines is 1. The van der Waals surface area contributed by atoms with E-state index in [-0.39, 0.29) is 18.1 Å². The van der Waals surface area contributed by atoms with E-state index in [9.17, 15) is 4.79 Å². The second kappa shape index (κ2) is 8.18. The molecule has 0 aliphatic heterocycles. The Morgan fingerprint density at radius 3 is 2.50 bits per heavy atom. The number of rotatable bonds is 7. The molecule has 4 nitrogen and oxygen atoms in total. The summed E-state index contributed by atoms with van der Waals surface area (Å²) in [5.74, 6) is 0.344. The van der Waals surface area contributed by atoms with Gasteiger partial charge in [0.1, 0.15) is 12.1 Å². The summed E-state index contributed by atoms with van der Waals surface area (Å²) in [6.45, 7) is 4.90. The summed E-state index contributed by atoms with van der Waals surface area (Å²) in [4.78, 5) is 12.4. The molecule has 0 bridgehead atoms. The van der Waals surface area contributed by atoms with Crippen LogP contribution in [0.4, 0.5) is 5.69 Å². The van der Waals surface area contributed by atoms with Gasteiger partial charge in [0.25, 0.3) is 0 Å². The summed E-state index contributed by atoms with van der Waals surface area (Å²) in [5, 5.41) is 3.35. The van der Waals surface area contributed by atoms with E-state index in [0.29, 0.717) is 12.5 Å². The highest BCUT2D eigenvalue weighted by Crippen LogP contribution is 2.22. The summed E-state index contributed by atoms with van der Waals surface area (Å²) >= 11 is 0. The van der Waals surface area contributed by atoms with Crippen LogP contribution < -0.4 is 11.1 Å². The minimum absolute atomic E-state index is 0.101. The molecule has 1 aliphatic carbocycles. The Bertz CT molecular complexity index is 464. The van der Waals surface area contributed by atoms with E-state index in [2.05, 4.69) is 19.2 Å². The van der Waals surface area contributed by atoms with Gasteiger partial charge in [-0.2, -0.15) is 0 Å². The summed E-state index contributed by atoms with van der Waals surface area (Å²) < 4.78 is 5.66. The number of esters is 1. The lowest BCUT2D eigenvalue weighted by Crippen LogP contribution is -2.40. The Balaban J connectivity index is 1.89. The van der Waals surface area contributed by atoms with Crippen LogP contribution in [0.5, 0.6) is 0 Å². The largest absolute Gasteiger partial charge is 0.461 e. The van der Waals surface area contributed by atoms with Crippen LogP contribution in [0.15, 0.2) is 24.3 Å². The van der Waals surface area contributed by atoms with E-state index in [1.807, 2.05) is 24.3 Å². The van der Waals surface area contributed by atoms with Crippen LogP contribution in [-0.2, 0) is 16.1 Å². The standard InChI is InChI=1S/C18H28N2O2/c1-13(2)11-17(18(21)22-16-5-3-4-6-16)20-12-14-7-9-15(19)10-8-14/h7-10,13,16-17,20H,3-6,11-12,19H2,1-2H3/t17-/m0/s1. The van der Waals surface area contributed by atoms with Gasteiger partial charge in [-0.15, -0.1) is 0 Å². The molecule has 1 aromatic rings.